The number of aliphatic hydroxyl groups excluding tert-OH is 1. The number of hydrogen-bond donors (Lipinski definition) is 1. The van der Waals surface area contributed by atoms with Gasteiger partial charge in [0.2, 0.25) is 0 Å². The average Bonchev–Trinajstić information content (AvgIpc) is 2.72. The van der Waals surface area contributed by atoms with Crippen LogP contribution in [0.4, 0.5) is 0 Å². The van der Waals surface area contributed by atoms with Gasteiger partial charge in [0, 0.05) is 21.6 Å². The van der Waals surface area contributed by atoms with Crippen molar-refractivity contribution < 1.29 is 9.94 Å². The quantitative estimate of drug-likeness (QED) is 0.455. The first-order valence-electron chi connectivity index (χ1n) is 8.32. The highest BCUT2D eigenvalue weighted by molar-refractivity contribution is 14.1. The number of fused-ring (bicyclic) bond motifs is 2. The lowest BCUT2D eigenvalue weighted by Gasteiger charge is -2.43. The zero-order valence-corrected chi connectivity index (χ0v) is 16.1. The van der Waals surface area contributed by atoms with Crippen LogP contribution in [0.15, 0.2) is 29.4 Å². The minimum Gasteiger partial charge on any atom is -0.399 e. The SMILES string of the molecule is CCC(=NOC)[C@H]1[C@H](c2ccc(I)cc2)CC2CC(O)[C@@H]1N2C. The van der Waals surface area contributed by atoms with Gasteiger partial charge in [-0.05, 0) is 72.5 Å². The van der Waals surface area contributed by atoms with Crippen molar-refractivity contribution in [2.24, 2.45) is 11.1 Å². The van der Waals surface area contributed by atoms with Crippen molar-refractivity contribution in [3.05, 3.63) is 33.4 Å². The van der Waals surface area contributed by atoms with Crippen molar-refractivity contribution >= 4 is 28.3 Å². The van der Waals surface area contributed by atoms with E-state index in [4.69, 9.17) is 4.84 Å². The number of hydrogen-bond acceptors (Lipinski definition) is 4. The van der Waals surface area contributed by atoms with Crippen LogP contribution in [0.25, 0.3) is 0 Å². The van der Waals surface area contributed by atoms with E-state index in [9.17, 15) is 5.11 Å². The monoisotopic (exact) mass is 428 g/mol. The van der Waals surface area contributed by atoms with Gasteiger partial charge in [0.1, 0.15) is 7.11 Å². The maximum Gasteiger partial charge on any atom is 0.106 e. The summed E-state index contributed by atoms with van der Waals surface area (Å²) in [7, 11) is 3.75. The summed E-state index contributed by atoms with van der Waals surface area (Å²) in [6, 6.07) is 9.39. The Kier molecular flexibility index (Phi) is 5.28. The van der Waals surface area contributed by atoms with Gasteiger partial charge in [-0.1, -0.05) is 24.2 Å². The molecule has 4 nitrogen and oxygen atoms in total. The van der Waals surface area contributed by atoms with Gasteiger partial charge < -0.3 is 9.94 Å². The largest absolute Gasteiger partial charge is 0.399 e. The molecular formula is C18H25IN2O2. The van der Waals surface area contributed by atoms with Crippen LogP contribution >= 0.6 is 22.6 Å². The lowest BCUT2D eigenvalue weighted by atomic mass is 9.73. The molecule has 2 fully saturated rings. The van der Waals surface area contributed by atoms with Crippen molar-refractivity contribution in [3.8, 4) is 0 Å². The Balaban J connectivity index is 2.02. The topological polar surface area (TPSA) is 45.1 Å². The normalized spacial score (nSPS) is 34.7. The number of halogens is 1. The Morgan fingerprint density at radius 3 is 2.65 bits per heavy atom. The van der Waals surface area contributed by atoms with Crippen molar-refractivity contribution in [2.45, 2.75) is 50.3 Å². The Bertz CT molecular complexity index is 575. The number of likely N-dealkylation sites (N-methyl/N-ethyl adjacent to an activating group) is 1. The molecule has 5 heteroatoms. The fraction of sp³-hybridized carbons (Fsp3) is 0.611. The van der Waals surface area contributed by atoms with Gasteiger partial charge in [0.05, 0.1) is 11.8 Å². The van der Waals surface area contributed by atoms with Crippen LogP contribution in [0.1, 0.15) is 37.7 Å². The van der Waals surface area contributed by atoms with Crippen molar-refractivity contribution in [3.63, 3.8) is 0 Å². The van der Waals surface area contributed by atoms with E-state index in [0.29, 0.717) is 12.0 Å². The van der Waals surface area contributed by atoms with Crippen molar-refractivity contribution in [1.82, 2.24) is 4.90 Å². The van der Waals surface area contributed by atoms with Crippen LogP contribution in [0.2, 0.25) is 0 Å². The Labute approximate surface area is 152 Å². The summed E-state index contributed by atoms with van der Waals surface area (Å²) in [5, 5.41) is 14.9. The molecule has 1 aromatic carbocycles. The van der Waals surface area contributed by atoms with E-state index in [2.05, 4.69) is 70.9 Å². The first-order chi connectivity index (χ1) is 11.1. The number of benzene rings is 1. The maximum atomic E-state index is 10.6. The van der Waals surface area contributed by atoms with Gasteiger partial charge in [-0.2, -0.15) is 0 Å². The van der Waals surface area contributed by atoms with Crippen molar-refractivity contribution in [2.75, 3.05) is 14.2 Å². The predicted octanol–water partition coefficient (Wildman–Crippen LogP) is 3.24. The van der Waals surface area contributed by atoms with Crippen LogP contribution in [0.5, 0.6) is 0 Å². The summed E-state index contributed by atoms with van der Waals surface area (Å²) in [6.45, 7) is 2.12. The van der Waals surface area contributed by atoms with E-state index in [-0.39, 0.29) is 18.1 Å². The van der Waals surface area contributed by atoms with Crippen molar-refractivity contribution in [1.29, 1.82) is 0 Å². The molecule has 0 spiro atoms. The maximum absolute atomic E-state index is 10.6. The smallest absolute Gasteiger partial charge is 0.106 e. The van der Waals surface area contributed by atoms with E-state index in [1.165, 1.54) is 9.13 Å². The number of oxime groups is 1. The van der Waals surface area contributed by atoms with E-state index in [0.717, 1.165) is 25.0 Å². The Morgan fingerprint density at radius 2 is 2.04 bits per heavy atom. The lowest BCUT2D eigenvalue weighted by Crippen LogP contribution is -2.51. The molecule has 3 rings (SSSR count). The predicted molar refractivity (Wildman–Crippen MR) is 101 cm³/mol. The summed E-state index contributed by atoms with van der Waals surface area (Å²) < 4.78 is 1.25. The molecule has 0 aromatic heterocycles. The Morgan fingerprint density at radius 1 is 1.35 bits per heavy atom. The molecule has 2 saturated heterocycles. The summed E-state index contributed by atoms with van der Waals surface area (Å²) in [4.78, 5) is 7.48. The second-order valence-electron chi connectivity index (χ2n) is 6.65. The van der Waals surface area contributed by atoms with Crippen LogP contribution in [-0.4, -0.2) is 48.1 Å². The van der Waals surface area contributed by atoms with Gasteiger partial charge in [0.15, 0.2) is 0 Å². The average molecular weight is 428 g/mol. The standard InChI is InChI=1S/C18H25IN2O2/c1-4-15(20-23-3)17-14(11-5-7-12(19)8-6-11)9-13-10-16(22)18(17)21(13)2/h5-8,13-14,16-18,22H,4,9-10H2,1-3H3/t13?,14-,16?,17+,18-/m0/s1. The molecule has 1 aromatic rings. The molecule has 0 radical (unpaired) electrons. The zero-order chi connectivity index (χ0) is 16.6. The molecule has 0 amide bonds. The number of piperidine rings is 1. The first kappa shape index (κ1) is 17.2. The van der Waals surface area contributed by atoms with E-state index >= 15 is 0 Å². The third kappa shape index (κ3) is 3.15. The fourth-order valence-corrected chi connectivity index (χ4v) is 4.85. The second-order valence-corrected chi connectivity index (χ2v) is 7.90. The van der Waals surface area contributed by atoms with Gasteiger partial charge in [-0.3, -0.25) is 4.90 Å². The second kappa shape index (κ2) is 7.07. The summed E-state index contributed by atoms with van der Waals surface area (Å²) in [5.41, 5.74) is 2.41. The fourth-order valence-electron chi connectivity index (χ4n) is 4.49. The highest BCUT2D eigenvalue weighted by Gasteiger charge is 2.52. The summed E-state index contributed by atoms with van der Waals surface area (Å²) in [5.74, 6) is 0.600. The summed E-state index contributed by atoms with van der Waals surface area (Å²) >= 11 is 2.34. The minimum absolute atomic E-state index is 0.131. The lowest BCUT2D eigenvalue weighted by molar-refractivity contribution is 0.0694. The molecule has 126 valence electrons. The third-order valence-corrected chi connectivity index (χ3v) is 6.25. The van der Waals surface area contributed by atoms with Gasteiger partial charge >= 0.3 is 0 Å². The molecule has 23 heavy (non-hydrogen) atoms. The number of nitrogens with zero attached hydrogens (tertiary/aromatic N) is 2. The molecule has 5 atom stereocenters. The molecule has 2 aliphatic heterocycles. The highest BCUT2D eigenvalue weighted by Crippen LogP contribution is 2.47. The molecule has 2 unspecified atom stereocenters. The van der Waals surface area contributed by atoms with Gasteiger partial charge in [0.25, 0.3) is 0 Å². The molecule has 1 N–H and O–H groups in total. The molecule has 2 aliphatic rings. The number of aliphatic hydroxyl groups is 1. The summed E-state index contributed by atoms with van der Waals surface area (Å²) in [6.07, 6.45) is 2.50. The van der Waals surface area contributed by atoms with Crippen LogP contribution < -0.4 is 0 Å². The Hall–Kier alpha value is -0.660. The van der Waals surface area contributed by atoms with Crippen LogP contribution in [-0.2, 0) is 4.84 Å². The van der Waals surface area contributed by atoms with Gasteiger partial charge in [-0.25, -0.2) is 0 Å². The van der Waals surface area contributed by atoms with E-state index in [1.807, 2.05) is 0 Å². The van der Waals surface area contributed by atoms with Crippen LogP contribution in [0.3, 0.4) is 0 Å². The van der Waals surface area contributed by atoms with Gasteiger partial charge in [-0.15, -0.1) is 0 Å². The van der Waals surface area contributed by atoms with E-state index in [1.54, 1.807) is 7.11 Å². The van der Waals surface area contributed by atoms with Crippen LogP contribution in [0, 0.1) is 9.49 Å². The molecule has 2 bridgehead atoms. The zero-order valence-electron chi connectivity index (χ0n) is 13.9. The molecule has 0 saturated carbocycles. The number of rotatable bonds is 4. The molecule has 2 heterocycles. The third-order valence-electron chi connectivity index (χ3n) is 5.54. The van der Waals surface area contributed by atoms with E-state index < -0.39 is 0 Å². The molecule has 0 aliphatic carbocycles. The molecular weight excluding hydrogens is 403 g/mol. The highest BCUT2D eigenvalue weighted by atomic mass is 127. The minimum atomic E-state index is -0.280. The first-order valence-corrected chi connectivity index (χ1v) is 9.40.